The number of hydrazone groups is 1. The summed E-state index contributed by atoms with van der Waals surface area (Å²) in [5.41, 5.74) is 2.61. The van der Waals surface area contributed by atoms with Gasteiger partial charge in [0.25, 0.3) is 5.69 Å². The number of rotatable bonds is 3. The van der Waals surface area contributed by atoms with Crippen LogP contribution in [0.2, 0.25) is 5.02 Å². The van der Waals surface area contributed by atoms with Gasteiger partial charge in [-0.3, -0.25) is 10.1 Å². The van der Waals surface area contributed by atoms with Crippen molar-refractivity contribution in [1.29, 1.82) is 0 Å². The largest absolute Gasteiger partial charge is 0.462 e. The van der Waals surface area contributed by atoms with Crippen molar-refractivity contribution in [3.63, 3.8) is 0 Å². The minimum absolute atomic E-state index is 0.0160. The minimum Gasteiger partial charge on any atom is -0.462 e. The van der Waals surface area contributed by atoms with E-state index in [0.717, 1.165) is 16.8 Å². The number of benzene rings is 3. The lowest BCUT2D eigenvalue weighted by Gasteiger charge is -2.45. The second-order valence-corrected chi connectivity index (χ2v) is 7.99. The van der Waals surface area contributed by atoms with E-state index in [2.05, 4.69) is 0 Å². The van der Waals surface area contributed by atoms with Crippen molar-refractivity contribution in [3.8, 4) is 5.75 Å². The van der Waals surface area contributed by atoms with Gasteiger partial charge in [0.2, 0.25) is 5.72 Å². The van der Waals surface area contributed by atoms with Crippen LogP contribution in [-0.4, -0.2) is 15.6 Å². The molecule has 5 rings (SSSR count). The second-order valence-electron chi connectivity index (χ2n) is 7.55. The van der Waals surface area contributed by atoms with Crippen LogP contribution >= 0.6 is 11.6 Å². The fraction of sp³-hybridized carbons (Fsp3) is 0.174. The molecule has 2 unspecified atom stereocenters. The second kappa shape index (κ2) is 6.85. The van der Waals surface area contributed by atoms with Gasteiger partial charge in [-0.2, -0.15) is 5.10 Å². The summed E-state index contributed by atoms with van der Waals surface area (Å²) in [4.78, 5) is 11.0. The van der Waals surface area contributed by atoms with Crippen LogP contribution in [0.25, 0.3) is 0 Å². The highest BCUT2D eigenvalue weighted by Gasteiger charge is 2.49. The molecule has 150 valence electrons. The number of ether oxygens (including phenoxy) is 1. The number of hydrogen-bond acceptors (Lipinski definition) is 5. The Kier molecular flexibility index (Phi) is 4.25. The van der Waals surface area contributed by atoms with Gasteiger partial charge in [-0.1, -0.05) is 54.1 Å². The zero-order valence-corrected chi connectivity index (χ0v) is 16.9. The molecular weight excluding hydrogens is 402 g/mol. The molecule has 0 N–H and O–H groups in total. The molecule has 0 aromatic heterocycles. The normalized spacial score (nSPS) is 22.0. The average molecular weight is 420 g/mol. The van der Waals surface area contributed by atoms with Crippen molar-refractivity contribution < 1.29 is 9.66 Å². The standard InChI is InChI=1S/C23H18ClN3O3/c1-23(16-8-5-9-18(12-16)27(28)29)26-21(19-13-17(24)10-11-22(19)30-23)14-20(25-26)15-6-3-2-4-7-15/h2-13,21H,14H2,1H3. The van der Waals surface area contributed by atoms with Gasteiger partial charge in [0.15, 0.2) is 0 Å². The Bertz CT molecular complexity index is 1180. The maximum Gasteiger partial charge on any atom is 0.269 e. The van der Waals surface area contributed by atoms with E-state index in [4.69, 9.17) is 21.4 Å². The van der Waals surface area contributed by atoms with Crippen LogP contribution in [0.1, 0.15) is 36.1 Å². The molecule has 6 nitrogen and oxygen atoms in total. The number of fused-ring (bicyclic) bond motifs is 3. The Morgan fingerprint density at radius 1 is 1.13 bits per heavy atom. The van der Waals surface area contributed by atoms with Crippen molar-refractivity contribution in [3.05, 3.63) is 105 Å². The Balaban J connectivity index is 1.67. The molecule has 2 atom stereocenters. The van der Waals surface area contributed by atoms with Crippen LogP contribution in [0, 0.1) is 10.1 Å². The molecule has 2 heterocycles. The summed E-state index contributed by atoms with van der Waals surface area (Å²) in [6, 6.07) is 22.0. The SMILES string of the molecule is CC1(c2cccc([N+](=O)[O-])c2)Oc2ccc(Cl)cc2C2CC(c3ccccc3)=NN21. The van der Waals surface area contributed by atoms with Gasteiger partial charge >= 0.3 is 0 Å². The molecule has 0 bridgehead atoms. The predicted octanol–water partition coefficient (Wildman–Crippen LogP) is 5.66. The quantitative estimate of drug-likeness (QED) is 0.405. The highest BCUT2D eigenvalue weighted by molar-refractivity contribution is 6.30. The van der Waals surface area contributed by atoms with Crippen LogP contribution < -0.4 is 4.74 Å². The first-order valence-electron chi connectivity index (χ1n) is 9.61. The van der Waals surface area contributed by atoms with Gasteiger partial charge in [0, 0.05) is 41.6 Å². The van der Waals surface area contributed by atoms with E-state index in [1.807, 2.05) is 60.5 Å². The number of non-ortho nitro benzene ring substituents is 1. The van der Waals surface area contributed by atoms with Gasteiger partial charge in [-0.15, -0.1) is 0 Å². The summed E-state index contributed by atoms with van der Waals surface area (Å²) in [7, 11) is 0. The van der Waals surface area contributed by atoms with E-state index in [1.165, 1.54) is 6.07 Å². The first kappa shape index (κ1) is 18.6. The fourth-order valence-electron chi connectivity index (χ4n) is 4.18. The van der Waals surface area contributed by atoms with Crippen LogP contribution in [0.5, 0.6) is 5.75 Å². The number of nitro groups is 1. The zero-order chi connectivity index (χ0) is 20.9. The topological polar surface area (TPSA) is 68.0 Å². The van der Waals surface area contributed by atoms with Crippen molar-refractivity contribution >= 4 is 23.0 Å². The van der Waals surface area contributed by atoms with E-state index < -0.39 is 10.6 Å². The summed E-state index contributed by atoms with van der Waals surface area (Å²) in [5.74, 6) is 0.708. The van der Waals surface area contributed by atoms with Gasteiger partial charge in [0.1, 0.15) is 5.75 Å². The lowest BCUT2D eigenvalue weighted by molar-refractivity contribution is -0.385. The van der Waals surface area contributed by atoms with Crippen LogP contribution in [0.3, 0.4) is 0 Å². The Hall–Kier alpha value is -3.38. The van der Waals surface area contributed by atoms with Crippen molar-refractivity contribution in [2.24, 2.45) is 5.10 Å². The number of nitro benzene ring substituents is 1. The third-order valence-corrected chi connectivity index (χ3v) is 5.92. The number of halogens is 1. The molecule has 0 aliphatic carbocycles. The van der Waals surface area contributed by atoms with E-state index in [0.29, 0.717) is 22.8 Å². The lowest BCUT2D eigenvalue weighted by atomic mass is 9.92. The third-order valence-electron chi connectivity index (χ3n) is 5.69. The Morgan fingerprint density at radius 2 is 1.93 bits per heavy atom. The van der Waals surface area contributed by atoms with Crippen molar-refractivity contribution in [2.45, 2.75) is 25.1 Å². The summed E-state index contributed by atoms with van der Waals surface area (Å²) >= 11 is 6.28. The predicted molar refractivity (Wildman–Crippen MR) is 115 cm³/mol. The molecule has 0 saturated heterocycles. The van der Waals surface area contributed by atoms with Crippen LogP contribution in [0.15, 0.2) is 77.9 Å². The summed E-state index contributed by atoms with van der Waals surface area (Å²) in [6.07, 6.45) is 0.686. The van der Waals surface area contributed by atoms with Gasteiger partial charge in [-0.05, 0) is 23.8 Å². The average Bonchev–Trinajstić information content (AvgIpc) is 3.22. The minimum atomic E-state index is -1.01. The molecule has 2 aliphatic heterocycles. The zero-order valence-electron chi connectivity index (χ0n) is 16.2. The number of hydrogen-bond donors (Lipinski definition) is 0. The molecule has 0 radical (unpaired) electrons. The molecule has 0 saturated carbocycles. The number of nitrogens with zero attached hydrogens (tertiary/aromatic N) is 3. The summed E-state index contributed by atoms with van der Waals surface area (Å²) in [6.45, 7) is 1.90. The van der Waals surface area contributed by atoms with Crippen LogP contribution in [-0.2, 0) is 5.72 Å². The monoisotopic (exact) mass is 419 g/mol. The maximum absolute atomic E-state index is 11.3. The molecular formula is C23H18ClN3O3. The van der Waals surface area contributed by atoms with Gasteiger partial charge in [0.05, 0.1) is 16.7 Å². The fourth-order valence-corrected chi connectivity index (χ4v) is 4.36. The third kappa shape index (κ3) is 2.92. The van der Waals surface area contributed by atoms with Crippen molar-refractivity contribution in [2.75, 3.05) is 0 Å². The first-order valence-corrected chi connectivity index (χ1v) is 9.99. The molecule has 0 amide bonds. The highest BCUT2D eigenvalue weighted by Crippen LogP contribution is 2.51. The first-order chi connectivity index (χ1) is 14.5. The van der Waals surface area contributed by atoms with E-state index in [9.17, 15) is 10.1 Å². The highest BCUT2D eigenvalue weighted by atomic mass is 35.5. The maximum atomic E-state index is 11.3. The van der Waals surface area contributed by atoms with E-state index >= 15 is 0 Å². The van der Waals surface area contributed by atoms with E-state index in [-0.39, 0.29) is 11.7 Å². The lowest BCUT2D eigenvalue weighted by Crippen LogP contribution is -2.48. The van der Waals surface area contributed by atoms with Gasteiger partial charge in [-0.25, -0.2) is 5.01 Å². The smallest absolute Gasteiger partial charge is 0.269 e. The van der Waals surface area contributed by atoms with Crippen molar-refractivity contribution in [1.82, 2.24) is 5.01 Å². The summed E-state index contributed by atoms with van der Waals surface area (Å²) in [5, 5.41) is 18.8. The molecule has 0 spiro atoms. The molecule has 30 heavy (non-hydrogen) atoms. The van der Waals surface area contributed by atoms with Crippen LogP contribution in [0.4, 0.5) is 5.69 Å². The molecule has 3 aromatic rings. The Labute approximate surface area is 178 Å². The molecule has 2 aliphatic rings. The molecule has 3 aromatic carbocycles. The summed E-state index contributed by atoms with van der Waals surface area (Å²) < 4.78 is 6.43. The molecule has 0 fully saturated rings. The van der Waals surface area contributed by atoms with Gasteiger partial charge < -0.3 is 4.74 Å². The van der Waals surface area contributed by atoms with E-state index in [1.54, 1.807) is 18.2 Å². The Morgan fingerprint density at radius 3 is 2.70 bits per heavy atom. The molecule has 7 heteroatoms.